The molecular weight excluding hydrogens is 172 g/mol. The summed E-state index contributed by atoms with van der Waals surface area (Å²) in [6.07, 6.45) is 0. The largest absolute Gasteiger partial charge is 0.227 e. The van der Waals surface area contributed by atoms with Gasteiger partial charge in [0.15, 0.2) is 10.7 Å². The van der Waals surface area contributed by atoms with Gasteiger partial charge < -0.3 is 0 Å². The third-order valence-electron chi connectivity index (χ3n) is 1.68. The van der Waals surface area contributed by atoms with Crippen molar-refractivity contribution < 1.29 is 8.42 Å². The lowest BCUT2D eigenvalue weighted by Crippen LogP contribution is -1.87. The molecule has 0 saturated carbocycles. The van der Waals surface area contributed by atoms with Crippen molar-refractivity contribution >= 4 is 15.6 Å². The molecule has 0 aliphatic heterocycles. The normalized spacial score (nSPS) is 10.2. The van der Waals surface area contributed by atoms with Crippen LogP contribution < -0.4 is 0 Å². The van der Waals surface area contributed by atoms with Crippen molar-refractivity contribution in [2.75, 3.05) is 0 Å². The zero-order valence-corrected chi connectivity index (χ0v) is 7.67. The van der Waals surface area contributed by atoms with Gasteiger partial charge >= 0.3 is 0 Å². The Morgan fingerprint density at radius 1 is 1.33 bits per heavy atom. The summed E-state index contributed by atoms with van der Waals surface area (Å²) in [6, 6.07) is 7.28. The van der Waals surface area contributed by atoms with Crippen molar-refractivity contribution in [3.05, 3.63) is 42.0 Å². The van der Waals surface area contributed by atoms with Crippen LogP contribution in [0.5, 0.6) is 0 Å². The highest BCUT2D eigenvalue weighted by atomic mass is 32.2. The van der Waals surface area contributed by atoms with Gasteiger partial charge in [0.05, 0.1) is 4.91 Å². The van der Waals surface area contributed by atoms with E-state index in [1.165, 1.54) is 0 Å². The van der Waals surface area contributed by atoms with E-state index in [1.807, 2.05) is 19.1 Å². The molecule has 1 rings (SSSR count). The van der Waals surface area contributed by atoms with Crippen LogP contribution in [0.2, 0.25) is 0 Å². The maximum atomic E-state index is 10.6. The van der Waals surface area contributed by atoms with Crippen LogP contribution in [0.3, 0.4) is 0 Å². The minimum atomic E-state index is -2.55. The molecule has 0 atom stereocenters. The van der Waals surface area contributed by atoms with Gasteiger partial charge in [0.2, 0.25) is 0 Å². The fraction of sp³-hybridized carbons (Fsp3) is 0.111. The lowest BCUT2D eigenvalue weighted by Gasteiger charge is -2.01. The third kappa shape index (κ3) is 1.74. The Hall–Kier alpha value is -1.09. The highest BCUT2D eigenvalue weighted by Crippen LogP contribution is 2.16. The van der Waals surface area contributed by atoms with Crippen LogP contribution in [-0.4, -0.2) is 8.42 Å². The Morgan fingerprint density at radius 3 is 2.42 bits per heavy atom. The van der Waals surface area contributed by atoms with Crippen molar-refractivity contribution in [3.8, 4) is 0 Å². The van der Waals surface area contributed by atoms with Crippen molar-refractivity contribution in [2.24, 2.45) is 0 Å². The van der Waals surface area contributed by atoms with E-state index in [4.69, 9.17) is 0 Å². The molecule has 0 radical (unpaired) electrons. The highest BCUT2D eigenvalue weighted by molar-refractivity contribution is 7.82. The number of thiol groups is 1. The topological polar surface area (TPSA) is 34.1 Å². The molecule has 0 saturated heterocycles. The summed E-state index contributed by atoms with van der Waals surface area (Å²) < 4.78 is 21.2. The summed E-state index contributed by atoms with van der Waals surface area (Å²) >= 11 is 0. The van der Waals surface area contributed by atoms with Crippen LogP contribution in [0.25, 0.3) is 4.91 Å². The average molecular weight is 182 g/mol. The molecule has 0 aliphatic carbocycles. The monoisotopic (exact) mass is 182 g/mol. The molecule has 0 amide bonds. The van der Waals surface area contributed by atoms with Crippen molar-refractivity contribution in [2.45, 2.75) is 6.92 Å². The number of rotatable bonds is 2. The molecular formula is C9H10O2S. The van der Waals surface area contributed by atoms with E-state index in [2.05, 4.69) is 6.58 Å². The maximum Gasteiger partial charge on any atom is 0.168 e. The molecule has 0 N–H and O–H groups in total. The Balaban J connectivity index is 3.20. The van der Waals surface area contributed by atoms with E-state index >= 15 is 0 Å². The van der Waals surface area contributed by atoms with Gasteiger partial charge in [-0.25, -0.2) is 8.42 Å². The first-order valence-electron chi connectivity index (χ1n) is 3.52. The van der Waals surface area contributed by atoms with Crippen molar-refractivity contribution in [3.63, 3.8) is 0 Å². The zero-order valence-electron chi connectivity index (χ0n) is 6.78. The van der Waals surface area contributed by atoms with E-state index in [-0.39, 0.29) is 4.91 Å². The van der Waals surface area contributed by atoms with Gasteiger partial charge in [0.1, 0.15) is 0 Å². The first-order chi connectivity index (χ1) is 5.63. The number of benzene rings is 1. The zero-order chi connectivity index (χ0) is 9.14. The highest BCUT2D eigenvalue weighted by Gasteiger charge is 2.02. The second kappa shape index (κ2) is 3.54. The lowest BCUT2D eigenvalue weighted by molar-refractivity contribution is 0.623. The van der Waals surface area contributed by atoms with Crippen LogP contribution >= 0.6 is 0 Å². The molecule has 1 aromatic carbocycles. The van der Waals surface area contributed by atoms with Crippen LogP contribution in [0, 0.1) is 6.92 Å². The lowest BCUT2D eigenvalue weighted by atomic mass is 10.1. The van der Waals surface area contributed by atoms with E-state index < -0.39 is 10.7 Å². The molecule has 0 aromatic heterocycles. The van der Waals surface area contributed by atoms with Gasteiger partial charge in [-0.15, -0.1) is 0 Å². The summed E-state index contributed by atoms with van der Waals surface area (Å²) in [6.45, 7) is 5.35. The standard InChI is InChI=1S/C9H10O2S/c1-7-5-3-4-6-9(7)8(2)12(10)11/h3-6,12H,2H2,1H3. The Labute approximate surface area is 73.5 Å². The SMILES string of the molecule is C=C(c1ccccc1C)[SH](=O)=O. The van der Waals surface area contributed by atoms with Crippen LogP contribution in [0.15, 0.2) is 30.8 Å². The van der Waals surface area contributed by atoms with Gasteiger partial charge in [-0.05, 0) is 18.1 Å². The predicted octanol–water partition coefficient (Wildman–Crippen LogP) is 1.58. The molecule has 3 heteroatoms. The smallest absolute Gasteiger partial charge is 0.168 e. The molecule has 12 heavy (non-hydrogen) atoms. The molecule has 1 aromatic rings. The fourth-order valence-corrected chi connectivity index (χ4v) is 1.44. The van der Waals surface area contributed by atoms with Gasteiger partial charge in [-0.3, -0.25) is 0 Å². The molecule has 0 spiro atoms. The summed E-state index contributed by atoms with van der Waals surface area (Å²) in [5, 5.41) is 0. The van der Waals surface area contributed by atoms with E-state index in [1.54, 1.807) is 12.1 Å². The molecule has 0 fully saturated rings. The molecule has 2 nitrogen and oxygen atoms in total. The summed E-state index contributed by atoms with van der Waals surface area (Å²) in [4.78, 5) is 0.183. The third-order valence-corrected chi connectivity index (χ3v) is 2.36. The molecule has 0 aliphatic rings. The van der Waals surface area contributed by atoms with Crippen LogP contribution in [0.4, 0.5) is 0 Å². The summed E-state index contributed by atoms with van der Waals surface area (Å²) in [5.74, 6) is 0. The van der Waals surface area contributed by atoms with Gasteiger partial charge in [0, 0.05) is 0 Å². The van der Waals surface area contributed by atoms with Gasteiger partial charge in [-0.1, -0.05) is 30.8 Å². The fourth-order valence-electron chi connectivity index (χ4n) is 0.995. The molecule has 64 valence electrons. The summed E-state index contributed by atoms with van der Waals surface area (Å²) in [5.41, 5.74) is 1.63. The van der Waals surface area contributed by atoms with Crippen molar-refractivity contribution in [1.29, 1.82) is 0 Å². The second-order valence-electron chi connectivity index (χ2n) is 2.52. The number of aryl methyl sites for hydroxylation is 1. The van der Waals surface area contributed by atoms with Crippen LogP contribution in [0.1, 0.15) is 11.1 Å². The minimum Gasteiger partial charge on any atom is -0.227 e. The molecule has 0 heterocycles. The summed E-state index contributed by atoms with van der Waals surface area (Å²) in [7, 11) is -2.55. The first kappa shape index (κ1) is 9.00. The maximum absolute atomic E-state index is 10.6. The van der Waals surface area contributed by atoms with E-state index in [0.29, 0.717) is 5.56 Å². The minimum absolute atomic E-state index is 0.183. The quantitative estimate of drug-likeness (QED) is 0.704. The average Bonchev–Trinajstić information content (AvgIpc) is 2.04. The van der Waals surface area contributed by atoms with Crippen molar-refractivity contribution in [1.82, 2.24) is 0 Å². The van der Waals surface area contributed by atoms with Crippen LogP contribution in [-0.2, 0) is 10.7 Å². The Morgan fingerprint density at radius 2 is 1.92 bits per heavy atom. The first-order valence-corrected chi connectivity index (χ1v) is 4.70. The van der Waals surface area contributed by atoms with Gasteiger partial charge in [-0.2, -0.15) is 0 Å². The number of hydrogen-bond donors (Lipinski definition) is 1. The van der Waals surface area contributed by atoms with Gasteiger partial charge in [0.25, 0.3) is 0 Å². The van der Waals surface area contributed by atoms with E-state index in [9.17, 15) is 8.42 Å². The molecule has 0 bridgehead atoms. The Bertz CT molecular complexity index is 370. The second-order valence-corrected chi connectivity index (χ2v) is 3.57. The number of hydrogen-bond acceptors (Lipinski definition) is 2. The van der Waals surface area contributed by atoms with E-state index in [0.717, 1.165) is 5.56 Å². The Kier molecular flexibility index (Phi) is 2.65. The predicted molar refractivity (Wildman–Crippen MR) is 50.5 cm³/mol. The molecule has 0 unspecified atom stereocenters.